The summed E-state index contributed by atoms with van der Waals surface area (Å²) in [6.07, 6.45) is 1.01. The molecule has 0 saturated carbocycles. The molecule has 0 aliphatic carbocycles. The molecule has 0 N–H and O–H groups in total. The van der Waals surface area contributed by atoms with Crippen LogP contribution in [0.5, 0.6) is 5.75 Å². The Morgan fingerprint density at radius 2 is 1.96 bits per heavy atom. The molecule has 1 aliphatic heterocycles. The van der Waals surface area contributed by atoms with E-state index in [9.17, 15) is 17.6 Å². The molecule has 1 aliphatic rings. The van der Waals surface area contributed by atoms with Crippen LogP contribution in [0.25, 0.3) is 0 Å². The minimum atomic E-state index is -3.81. The highest BCUT2D eigenvalue weighted by molar-refractivity contribution is 7.89. The molecule has 0 unspecified atom stereocenters. The van der Waals surface area contributed by atoms with Crippen molar-refractivity contribution in [3.05, 3.63) is 24.0 Å². The number of sulfonamides is 1. The predicted molar refractivity (Wildman–Crippen MR) is 92.4 cm³/mol. The minimum absolute atomic E-state index is 0.000253. The molecule has 0 aromatic heterocycles. The number of carbonyl (C=O) groups excluding carboxylic acids is 1. The minimum Gasteiger partial charge on any atom is -0.494 e. The lowest BCUT2D eigenvalue weighted by molar-refractivity contribution is -0.131. The van der Waals surface area contributed by atoms with E-state index in [1.54, 1.807) is 4.90 Å². The van der Waals surface area contributed by atoms with Crippen molar-refractivity contribution in [3.8, 4) is 5.75 Å². The van der Waals surface area contributed by atoms with Crippen molar-refractivity contribution in [2.24, 2.45) is 5.92 Å². The molecule has 1 aromatic rings. The second-order valence-corrected chi connectivity index (χ2v) is 8.47. The second kappa shape index (κ2) is 8.14. The van der Waals surface area contributed by atoms with Gasteiger partial charge in [0, 0.05) is 32.6 Å². The van der Waals surface area contributed by atoms with E-state index < -0.39 is 15.8 Å². The van der Waals surface area contributed by atoms with Crippen LogP contribution in [0.1, 0.15) is 26.7 Å². The molecule has 0 spiro atoms. The summed E-state index contributed by atoms with van der Waals surface area (Å²) in [6.45, 7) is 5.36. The van der Waals surface area contributed by atoms with Crippen LogP contribution in [-0.4, -0.2) is 56.8 Å². The van der Waals surface area contributed by atoms with Gasteiger partial charge in [-0.25, -0.2) is 12.8 Å². The van der Waals surface area contributed by atoms with E-state index in [0.717, 1.165) is 6.07 Å². The molecule has 1 heterocycles. The molecule has 140 valence electrons. The maximum atomic E-state index is 13.9. The Hall–Kier alpha value is -1.67. The average molecular weight is 372 g/mol. The second-order valence-electron chi connectivity index (χ2n) is 6.53. The zero-order valence-electron chi connectivity index (χ0n) is 14.9. The highest BCUT2D eigenvalue weighted by Gasteiger charge is 2.29. The summed E-state index contributed by atoms with van der Waals surface area (Å²) in [7, 11) is -2.48. The summed E-state index contributed by atoms with van der Waals surface area (Å²) in [5, 5.41) is 0. The molecule has 0 bridgehead atoms. The molecule has 6 nitrogen and oxygen atoms in total. The Balaban J connectivity index is 2.13. The maximum Gasteiger partial charge on any atom is 0.243 e. The first-order chi connectivity index (χ1) is 11.8. The zero-order chi connectivity index (χ0) is 18.6. The number of methoxy groups -OCH3 is 1. The molecule has 25 heavy (non-hydrogen) atoms. The van der Waals surface area contributed by atoms with Crippen LogP contribution in [0.2, 0.25) is 0 Å². The molecule has 0 atom stereocenters. The normalized spacial score (nSPS) is 16.8. The highest BCUT2D eigenvalue weighted by atomic mass is 32.2. The molecule has 1 saturated heterocycles. The number of amides is 1. The Bertz CT molecular complexity index is 721. The highest BCUT2D eigenvalue weighted by Crippen LogP contribution is 2.24. The SMILES string of the molecule is COc1ccc(S(=O)(=O)N2CCCN(C(=O)CC(C)C)CC2)cc1F. The molecular formula is C17H25FN2O4S. The van der Waals surface area contributed by atoms with Gasteiger partial charge in [0.15, 0.2) is 11.6 Å². The van der Waals surface area contributed by atoms with Gasteiger partial charge in [-0.2, -0.15) is 4.31 Å². The molecule has 0 radical (unpaired) electrons. The average Bonchev–Trinajstić information content (AvgIpc) is 2.80. The third-order valence-electron chi connectivity index (χ3n) is 4.15. The Labute approximate surface area is 148 Å². The maximum absolute atomic E-state index is 13.9. The quantitative estimate of drug-likeness (QED) is 0.794. The monoisotopic (exact) mass is 372 g/mol. The van der Waals surface area contributed by atoms with Crippen molar-refractivity contribution in [1.82, 2.24) is 9.21 Å². The number of halogens is 1. The Kier molecular flexibility index (Phi) is 6.40. The zero-order valence-corrected chi connectivity index (χ0v) is 15.7. The number of benzene rings is 1. The molecule has 8 heteroatoms. The number of rotatable bonds is 5. The molecule has 2 rings (SSSR count). The summed E-state index contributed by atoms with van der Waals surface area (Å²) in [5.74, 6) is -0.407. The van der Waals surface area contributed by atoms with Gasteiger partial charge >= 0.3 is 0 Å². The summed E-state index contributed by atoms with van der Waals surface area (Å²) in [5.41, 5.74) is 0. The topological polar surface area (TPSA) is 66.9 Å². The van der Waals surface area contributed by atoms with Gasteiger partial charge in [0.2, 0.25) is 15.9 Å². The van der Waals surface area contributed by atoms with E-state index in [1.807, 2.05) is 13.8 Å². The van der Waals surface area contributed by atoms with Crippen molar-refractivity contribution in [2.45, 2.75) is 31.6 Å². The summed E-state index contributed by atoms with van der Waals surface area (Å²) in [6, 6.07) is 3.61. The van der Waals surface area contributed by atoms with Crippen molar-refractivity contribution >= 4 is 15.9 Å². The number of hydrogen-bond donors (Lipinski definition) is 0. The van der Waals surface area contributed by atoms with Crippen molar-refractivity contribution in [3.63, 3.8) is 0 Å². The van der Waals surface area contributed by atoms with Gasteiger partial charge in [-0.1, -0.05) is 13.8 Å². The van der Waals surface area contributed by atoms with Crippen molar-refractivity contribution < 1.29 is 22.3 Å². The molecule has 1 amide bonds. The van der Waals surface area contributed by atoms with Crippen LogP contribution < -0.4 is 4.74 Å². The van der Waals surface area contributed by atoms with Crippen LogP contribution in [0.4, 0.5) is 4.39 Å². The largest absolute Gasteiger partial charge is 0.494 e. The Morgan fingerprint density at radius 1 is 1.24 bits per heavy atom. The molecule has 1 fully saturated rings. The van der Waals surface area contributed by atoms with E-state index in [4.69, 9.17) is 4.74 Å². The van der Waals surface area contributed by atoms with Gasteiger partial charge < -0.3 is 9.64 Å². The van der Waals surface area contributed by atoms with Crippen LogP contribution in [-0.2, 0) is 14.8 Å². The van der Waals surface area contributed by atoms with Crippen LogP contribution >= 0.6 is 0 Å². The lowest BCUT2D eigenvalue weighted by Crippen LogP contribution is -2.37. The van der Waals surface area contributed by atoms with Crippen LogP contribution in [0, 0.1) is 11.7 Å². The van der Waals surface area contributed by atoms with Gasteiger partial charge in [0.05, 0.1) is 12.0 Å². The first kappa shape index (κ1) is 19.7. The third-order valence-corrected chi connectivity index (χ3v) is 6.05. The van der Waals surface area contributed by atoms with Gasteiger partial charge in [-0.3, -0.25) is 4.79 Å². The first-order valence-corrected chi connectivity index (χ1v) is 9.81. The number of hydrogen-bond acceptors (Lipinski definition) is 4. The van der Waals surface area contributed by atoms with Crippen molar-refractivity contribution in [2.75, 3.05) is 33.3 Å². The predicted octanol–water partition coefficient (Wildman–Crippen LogP) is 2.10. The van der Waals surface area contributed by atoms with E-state index in [1.165, 1.54) is 23.5 Å². The molecular weight excluding hydrogens is 347 g/mol. The smallest absolute Gasteiger partial charge is 0.243 e. The van der Waals surface area contributed by atoms with E-state index in [2.05, 4.69) is 0 Å². The number of ether oxygens (including phenoxy) is 1. The van der Waals surface area contributed by atoms with E-state index in [-0.39, 0.29) is 29.0 Å². The van der Waals surface area contributed by atoms with Crippen molar-refractivity contribution in [1.29, 1.82) is 0 Å². The lowest BCUT2D eigenvalue weighted by atomic mass is 10.1. The van der Waals surface area contributed by atoms with Crippen LogP contribution in [0.3, 0.4) is 0 Å². The van der Waals surface area contributed by atoms with Gasteiger partial charge in [0.1, 0.15) is 0 Å². The summed E-state index contributed by atoms with van der Waals surface area (Å²) in [4.78, 5) is 13.8. The van der Waals surface area contributed by atoms with Gasteiger partial charge in [-0.15, -0.1) is 0 Å². The van der Waals surface area contributed by atoms with E-state index in [0.29, 0.717) is 32.5 Å². The van der Waals surface area contributed by atoms with Gasteiger partial charge in [0.25, 0.3) is 0 Å². The van der Waals surface area contributed by atoms with Gasteiger partial charge in [-0.05, 0) is 30.5 Å². The number of carbonyl (C=O) groups is 1. The fraction of sp³-hybridized carbons (Fsp3) is 0.588. The van der Waals surface area contributed by atoms with E-state index >= 15 is 0 Å². The fourth-order valence-corrected chi connectivity index (χ4v) is 4.30. The Morgan fingerprint density at radius 3 is 2.56 bits per heavy atom. The summed E-state index contributed by atoms with van der Waals surface area (Å²) >= 11 is 0. The first-order valence-electron chi connectivity index (χ1n) is 8.37. The molecule has 1 aromatic carbocycles. The lowest BCUT2D eigenvalue weighted by Gasteiger charge is -2.22. The third kappa shape index (κ3) is 4.70. The van der Waals surface area contributed by atoms with Crippen LogP contribution in [0.15, 0.2) is 23.1 Å². The number of nitrogens with zero attached hydrogens (tertiary/aromatic N) is 2. The fourth-order valence-electron chi connectivity index (χ4n) is 2.82. The standard InChI is InChI=1S/C17H25FN2O4S/c1-13(2)11-17(21)19-7-4-8-20(10-9-19)25(22,23)14-5-6-16(24-3)15(18)12-14/h5-6,12-13H,4,7-11H2,1-3H3. The summed E-state index contributed by atoms with van der Waals surface area (Å²) < 4.78 is 45.5.